The van der Waals surface area contributed by atoms with Crippen LogP contribution in [-0.2, 0) is 26.3 Å². The number of piperidine rings is 1. The number of amides is 3. The quantitative estimate of drug-likeness (QED) is 0.409. The van der Waals surface area contributed by atoms with E-state index in [0.717, 1.165) is 16.8 Å². The summed E-state index contributed by atoms with van der Waals surface area (Å²) in [6, 6.07) is 10.8. The maximum atomic E-state index is 12.1. The maximum Gasteiger partial charge on any atom is 0.246 e. The number of nitrogen functional groups attached to an aromatic ring is 1. The molecule has 3 aliphatic heterocycles. The van der Waals surface area contributed by atoms with Crippen molar-refractivity contribution in [3.05, 3.63) is 57.6 Å². The number of fused-ring (bicyclic) bond motifs is 2. The van der Waals surface area contributed by atoms with Gasteiger partial charge in [-0.25, -0.2) is 4.99 Å². The molecule has 3 heterocycles. The third-order valence-electron chi connectivity index (χ3n) is 6.17. The van der Waals surface area contributed by atoms with Crippen molar-refractivity contribution in [3.8, 4) is 0 Å². The predicted octanol–water partition coefficient (Wildman–Crippen LogP) is 3.70. The van der Waals surface area contributed by atoms with Gasteiger partial charge >= 0.3 is 0 Å². The van der Waals surface area contributed by atoms with Crippen LogP contribution >= 0.6 is 35.6 Å². The monoisotopic (exact) mass is 523 g/mol. The summed E-state index contributed by atoms with van der Waals surface area (Å²) in [4.78, 5) is 40.7. The molecule has 8 nitrogen and oxygen atoms in total. The number of imide groups is 1. The average Bonchev–Trinajstić information content (AvgIpc) is 3.16. The average molecular weight is 525 g/mol. The largest absolute Gasteiger partial charge is 0.399 e. The van der Waals surface area contributed by atoms with E-state index in [2.05, 4.69) is 15.6 Å². The Hall–Kier alpha value is -2.81. The topological polar surface area (TPSA) is 117 Å². The summed E-state index contributed by atoms with van der Waals surface area (Å²) in [5.74, 6) is 0.167. The van der Waals surface area contributed by atoms with E-state index in [1.807, 2.05) is 24.0 Å². The Kier molecular flexibility index (Phi) is 7.75. The number of carbonyl (C=O) groups excluding carboxylic acids is 3. The SMILES string of the molecule is CCC1(c2ccc(N)cc2)CCC(=O)NC1=O.Cl.O=C1CN2Cc3c(ccc(Cl)c3Cl)N=C2N1. The van der Waals surface area contributed by atoms with Gasteiger partial charge in [0, 0.05) is 17.7 Å². The fourth-order valence-corrected chi connectivity index (χ4v) is 4.63. The number of hydrogen-bond acceptors (Lipinski definition) is 6. The molecule has 4 N–H and O–H groups in total. The molecule has 0 aliphatic carbocycles. The van der Waals surface area contributed by atoms with Crippen molar-refractivity contribution in [1.82, 2.24) is 15.5 Å². The first-order chi connectivity index (χ1) is 15.7. The molecular weight excluding hydrogens is 501 g/mol. The lowest BCUT2D eigenvalue weighted by molar-refractivity contribution is -0.138. The number of rotatable bonds is 2. The predicted molar refractivity (Wildman–Crippen MR) is 135 cm³/mol. The molecule has 2 aromatic rings. The second-order valence-electron chi connectivity index (χ2n) is 8.13. The molecule has 2 aromatic carbocycles. The highest BCUT2D eigenvalue weighted by Gasteiger charge is 2.42. The zero-order valence-electron chi connectivity index (χ0n) is 18.4. The van der Waals surface area contributed by atoms with Crippen molar-refractivity contribution in [3.63, 3.8) is 0 Å². The third-order valence-corrected chi connectivity index (χ3v) is 7.01. The van der Waals surface area contributed by atoms with E-state index in [1.165, 1.54) is 0 Å². The van der Waals surface area contributed by atoms with Gasteiger partial charge in [0.25, 0.3) is 0 Å². The van der Waals surface area contributed by atoms with E-state index in [1.54, 1.807) is 24.3 Å². The van der Waals surface area contributed by atoms with E-state index in [4.69, 9.17) is 28.9 Å². The zero-order chi connectivity index (χ0) is 23.8. The van der Waals surface area contributed by atoms with Crippen molar-refractivity contribution in [2.75, 3.05) is 12.3 Å². The van der Waals surface area contributed by atoms with Gasteiger partial charge in [0.2, 0.25) is 23.7 Å². The molecule has 2 saturated heterocycles. The Morgan fingerprint density at radius 2 is 1.74 bits per heavy atom. The molecule has 1 unspecified atom stereocenters. The lowest BCUT2D eigenvalue weighted by Crippen LogP contribution is -2.51. The Morgan fingerprint density at radius 3 is 2.38 bits per heavy atom. The first-order valence-electron chi connectivity index (χ1n) is 10.5. The molecule has 180 valence electrons. The van der Waals surface area contributed by atoms with Gasteiger partial charge in [0.05, 0.1) is 27.7 Å². The highest BCUT2D eigenvalue weighted by atomic mass is 35.5. The molecule has 34 heavy (non-hydrogen) atoms. The van der Waals surface area contributed by atoms with Crippen molar-refractivity contribution in [2.45, 2.75) is 38.1 Å². The molecule has 3 aliphatic rings. The lowest BCUT2D eigenvalue weighted by atomic mass is 9.72. The van der Waals surface area contributed by atoms with Crippen molar-refractivity contribution < 1.29 is 14.4 Å². The number of nitrogens with two attached hydrogens (primary N) is 1. The van der Waals surface area contributed by atoms with Crippen LogP contribution in [0.1, 0.15) is 37.3 Å². The Balaban J connectivity index is 0.000000185. The number of nitrogens with zero attached hydrogens (tertiary/aromatic N) is 2. The van der Waals surface area contributed by atoms with Gasteiger partial charge in [-0.2, -0.15) is 0 Å². The number of anilines is 1. The molecule has 11 heteroatoms. The minimum absolute atomic E-state index is 0. The third kappa shape index (κ3) is 4.85. The Labute approximate surface area is 213 Å². The Bertz CT molecular complexity index is 1170. The lowest BCUT2D eigenvalue weighted by Gasteiger charge is -2.34. The highest BCUT2D eigenvalue weighted by Crippen LogP contribution is 2.37. The van der Waals surface area contributed by atoms with Gasteiger partial charge in [-0.3, -0.25) is 25.0 Å². The van der Waals surface area contributed by atoms with Crippen LogP contribution in [0, 0.1) is 0 Å². The van der Waals surface area contributed by atoms with E-state index in [-0.39, 0.29) is 30.1 Å². The number of benzene rings is 2. The van der Waals surface area contributed by atoms with E-state index >= 15 is 0 Å². The number of hydrogen-bond donors (Lipinski definition) is 3. The van der Waals surface area contributed by atoms with Crippen LogP contribution in [0.4, 0.5) is 11.4 Å². The number of carbonyl (C=O) groups is 3. The standard InChI is InChI=1S/C13H16N2O2.C10H7Cl2N3O.ClH/c1-2-13(8-7-11(16)15-12(13)17)9-3-5-10(14)6-4-9;11-6-1-2-7-5(9(6)12)3-15-4-8(16)14-10(15)13-7;/h3-6H,2,7-8,14H2,1H3,(H,15,16,17);1-2H,3-4H2,(H,13,14,16);1H. The van der Waals surface area contributed by atoms with E-state index < -0.39 is 5.41 Å². The summed E-state index contributed by atoms with van der Waals surface area (Å²) >= 11 is 12.0. The van der Waals surface area contributed by atoms with Crippen LogP contribution in [0.3, 0.4) is 0 Å². The molecule has 1 atom stereocenters. The van der Waals surface area contributed by atoms with Crippen LogP contribution in [0.15, 0.2) is 41.4 Å². The number of guanidine groups is 1. The van der Waals surface area contributed by atoms with Gasteiger partial charge in [-0.1, -0.05) is 42.3 Å². The highest BCUT2D eigenvalue weighted by molar-refractivity contribution is 6.42. The van der Waals surface area contributed by atoms with Crippen LogP contribution in [0.2, 0.25) is 10.0 Å². The van der Waals surface area contributed by atoms with Crippen LogP contribution in [0.25, 0.3) is 0 Å². The second kappa shape index (κ2) is 10.2. The molecule has 0 radical (unpaired) electrons. The first-order valence-corrected chi connectivity index (χ1v) is 11.3. The van der Waals surface area contributed by atoms with Gasteiger partial charge in [-0.15, -0.1) is 12.4 Å². The molecule has 0 bridgehead atoms. The Morgan fingerprint density at radius 1 is 1.03 bits per heavy atom. The fourth-order valence-electron chi connectivity index (χ4n) is 4.23. The van der Waals surface area contributed by atoms with Gasteiger partial charge < -0.3 is 10.6 Å². The molecule has 3 amide bonds. The minimum Gasteiger partial charge on any atom is -0.399 e. The zero-order valence-corrected chi connectivity index (χ0v) is 20.7. The fraction of sp³-hybridized carbons (Fsp3) is 0.304. The summed E-state index contributed by atoms with van der Waals surface area (Å²) in [5.41, 5.74) is 8.30. The number of aliphatic imine (C=N–C) groups is 1. The number of nitrogens with one attached hydrogen (secondary N) is 2. The second-order valence-corrected chi connectivity index (χ2v) is 8.92. The first kappa shape index (κ1) is 25.8. The minimum atomic E-state index is -0.582. The molecule has 0 saturated carbocycles. The summed E-state index contributed by atoms with van der Waals surface area (Å²) < 4.78 is 0. The van der Waals surface area contributed by atoms with Gasteiger partial charge in [-0.05, 0) is 42.7 Å². The maximum absolute atomic E-state index is 12.1. The molecule has 0 aromatic heterocycles. The number of halogens is 3. The van der Waals surface area contributed by atoms with Gasteiger partial charge in [0.1, 0.15) is 6.54 Å². The van der Waals surface area contributed by atoms with Crippen molar-refractivity contribution >= 4 is 70.7 Å². The van der Waals surface area contributed by atoms with Crippen LogP contribution in [0.5, 0.6) is 0 Å². The van der Waals surface area contributed by atoms with E-state index in [0.29, 0.717) is 54.0 Å². The van der Waals surface area contributed by atoms with Gasteiger partial charge in [0.15, 0.2) is 0 Å². The molecule has 0 spiro atoms. The summed E-state index contributed by atoms with van der Waals surface area (Å²) in [5, 5.41) is 6.14. The smallest absolute Gasteiger partial charge is 0.246 e. The van der Waals surface area contributed by atoms with Crippen molar-refractivity contribution in [2.24, 2.45) is 4.99 Å². The summed E-state index contributed by atoms with van der Waals surface area (Å²) in [6.45, 7) is 2.85. The van der Waals surface area contributed by atoms with Crippen LogP contribution < -0.4 is 16.4 Å². The molecule has 5 rings (SSSR count). The summed E-state index contributed by atoms with van der Waals surface area (Å²) in [7, 11) is 0. The van der Waals surface area contributed by atoms with E-state index in [9.17, 15) is 14.4 Å². The van der Waals surface area contributed by atoms with Crippen molar-refractivity contribution in [1.29, 1.82) is 0 Å². The van der Waals surface area contributed by atoms with Crippen LogP contribution in [-0.4, -0.2) is 35.1 Å². The normalized spacial score (nSPS) is 20.6. The molecule has 2 fully saturated rings. The molecular formula is C23H24Cl3N5O3. The summed E-state index contributed by atoms with van der Waals surface area (Å²) in [6.07, 6.45) is 1.64.